The van der Waals surface area contributed by atoms with E-state index in [2.05, 4.69) is 10.4 Å². The molecule has 1 fully saturated rings. The third kappa shape index (κ3) is 4.67. The van der Waals surface area contributed by atoms with Crippen LogP contribution in [0.15, 0.2) is 12.4 Å². The lowest BCUT2D eigenvalue weighted by molar-refractivity contribution is -0.122. The fourth-order valence-electron chi connectivity index (χ4n) is 2.15. The second kappa shape index (κ2) is 7.12. The highest BCUT2D eigenvalue weighted by atomic mass is 35.5. The van der Waals surface area contributed by atoms with Crippen molar-refractivity contribution in [2.24, 2.45) is 18.7 Å². The number of halogens is 2. The number of carbonyl (C=O) groups is 1. The van der Waals surface area contributed by atoms with Gasteiger partial charge >= 0.3 is 0 Å². The first-order valence-corrected chi connectivity index (χ1v) is 6.02. The van der Waals surface area contributed by atoms with E-state index in [1.165, 1.54) is 12.8 Å². The van der Waals surface area contributed by atoms with E-state index in [4.69, 9.17) is 5.73 Å². The average Bonchev–Trinajstić information content (AvgIpc) is 3.04. The van der Waals surface area contributed by atoms with E-state index >= 15 is 0 Å². The lowest BCUT2D eigenvalue weighted by Crippen LogP contribution is -2.53. The molecule has 0 aliphatic heterocycles. The van der Waals surface area contributed by atoms with Crippen molar-refractivity contribution < 1.29 is 4.79 Å². The molecule has 2 rings (SSSR count). The number of nitrogens with two attached hydrogens (primary N) is 1. The lowest BCUT2D eigenvalue weighted by Gasteiger charge is -2.29. The van der Waals surface area contributed by atoms with Crippen molar-refractivity contribution in [2.75, 3.05) is 6.54 Å². The zero-order valence-corrected chi connectivity index (χ0v) is 12.9. The van der Waals surface area contributed by atoms with Gasteiger partial charge in [-0.15, -0.1) is 24.8 Å². The Kier molecular flexibility index (Phi) is 6.83. The minimum Gasteiger partial charge on any atom is -0.349 e. The van der Waals surface area contributed by atoms with Gasteiger partial charge in [-0.05, 0) is 31.2 Å². The van der Waals surface area contributed by atoms with Gasteiger partial charge in [0.2, 0.25) is 5.91 Å². The summed E-state index contributed by atoms with van der Waals surface area (Å²) in [6.45, 7) is 2.53. The third-order valence-corrected chi connectivity index (χ3v) is 3.45. The Morgan fingerprint density at radius 2 is 2.21 bits per heavy atom. The van der Waals surface area contributed by atoms with E-state index in [-0.39, 0.29) is 36.3 Å². The van der Waals surface area contributed by atoms with Gasteiger partial charge in [0.05, 0.1) is 18.2 Å². The number of aromatic nitrogens is 2. The van der Waals surface area contributed by atoms with Gasteiger partial charge in [-0.25, -0.2) is 0 Å². The molecule has 1 aromatic heterocycles. The molecule has 1 aromatic rings. The normalized spacial score (nSPS) is 16.8. The number of nitrogens with one attached hydrogen (secondary N) is 1. The van der Waals surface area contributed by atoms with Gasteiger partial charge in [0, 0.05) is 19.8 Å². The highest BCUT2D eigenvalue weighted by Crippen LogP contribution is 2.38. The largest absolute Gasteiger partial charge is 0.349 e. The smallest absolute Gasteiger partial charge is 0.225 e. The maximum Gasteiger partial charge on any atom is 0.225 e. The Morgan fingerprint density at radius 3 is 2.63 bits per heavy atom. The second-order valence-corrected chi connectivity index (χ2v) is 5.14. The van der Waals surface area contributed by atoms with Crippen molar-refractivity contribution in [3.63, 3.8) is 0 Å². The summed E-state index contributed by atoms with van der Waals surface area (Å²) in [7, 11) is 1.84. The highest BCUT2D eigenvalue weighted by Gasteiger charge is 2.41. The molecule has 19 heavy (non-hydrogen) atoms. The monoisotopic (exact) mass is 308 g/mol. The maximum atomic E-state index is 11.9. The van der Waals surface area contributed by atoms with E-state index in [1.807, 2.05) is 20.2 Å². The molecular formula is C12H22Cl2N4O. The number of hydrogen-bond donors (Lipinski definition) is 2. The third-order valence-electron chi connectivity index (χ3n) is 3.45. The minimum atomic E-state index is -0.237. The van der Waals surface area contributed by atoms with Gasteiger partial charge in [0.25, 0.3) is 0 Å². The summed E-state index contributed by atoms with van der Waals surface area (Å²) in [6.07, 6.45) is 6.28. The molecule has 1 unspecified atom stereocenters. The summed E-state index contributed by atoms with van der Waals surface area (Å²) in [4.78, 5) is 11.9. The van der Waals surface area contributed by atoms with Gasteiger partial charge in [-0.1, -0.05) is 0 Å². The number of aryl methyl sites for hydroxylation is 1. The van der Waals surface area contributed by atoms with Gasteiger partial charge in [0.15, 0.2) is 0 Å². The van der Waals surface area contributed by atoms with Crippen LogP contribution in [-0.4, -0.2) is 27.8 Å². The first-order valence-electron chi connectivity index (χ1n) is 6.02. The Hall–Kier alpha value is -0.780. The van der Waals surface area contributed by atoms with Crippen LogP contribution in [0.1, 0.15) is 25.3 Å². The van der Waals surface area contributed by atoms with Crippen molar-refractivity contribution in [1.29, 1.82) is 0 Å². The molecule has 0 saturated heterocycles. The lowest BCUT2D eigenvalue weighted by atomic mass is 9.95. The van der Waals surface area contributed by atoms with Crippen molar-refractivity contribution in [3.8, 4) is 0 Å². The average molecular weight is 309 g/mol. The molecular weight excluding hydrogens is 287 g/mol. The highest BCUT2D eigenvalue weighted by molar-refractivity contribution is 5.85. The van der Waals surface area contributed by atoms with E-state index in [0.29, 0.717) is 18.9 Å². The van der Waals surface area contributed by atoms with E-state index in [1.54, 1.807) is 10.9 Å². The molecule has 1 heterocycles. The summed E-state index contributed by atoms with van der Waals surface area (Å²) in [5.41, 5.74) is 6.46. The molecule has 1 aliphatic carbocycles. The van der Waals surface area contributed by atoms with E-state index < -0.39 is 0 Å². The predicted molar refractivity (Wildman–Crippen MR) is 79.7 cm³/mol. The molecule has 3 N–H and O–H groups in total. The van der Waals surface area contributed by atoms with Gasteiger partial charge in [-0.3, -0.25) is 9.48 Å². The molecule has 1 saturated carbocycles. The van der Waals surface area contributed by atoms with Crippen molar-refractivity contribution in [3.05, 3.63) is 18.0 Å². The van der Waals surface area contributed by atoms with Gasteiger partial charge in [-0.2, -0.15) is 5.10 Å². The Bertz CT molecular complexity index is 420. The molecule has 0 spiro atoms. The molecule has 1 atom stereocenters. The Labute approximate surface area is 126 Å². The maximum absolute atomic E-state index is 11.9. The van der Waals surface area contributed by atoms with Gasteiger partial charge < -0.3 is 11.1 Å². The summed E-state index contributed by atoms with van der Waals surface area (Å²) >= 11 is 0. The molecule has 110 valence electrons. The molecule has 0 bridgehead atoms. The van der Waals surface area contributed by atoms with Gasteiger partial charge in [0.1, 0.15) is 0 Å². The number of nitrogens with zero attached hydrogens (tertiary/aromatic N) is 2. The van der Waals surface area contributed by atoms with Crippen LogP contribution >= 0.6 is 24.8 Å². The SMILES string of the molecule is Cl.Cl.Cn1cc(CC(=O)NC(C)(CN)C2CC2)cn1. The summed E-state index contributed by atoms with van der Waals surface area (Å²) in [5, 5.41) is 7.11. The molecule has 1 amide bonds. The molecule has 1 aliphatic rings. The van der Waals surface area contributed by atoms with Crippen molar-refractivity contribution in [2.45, 2.75) is 31.7 Å². The first kappa shape index (κ1) is 18.2. The quantitative estimate of drug-likeness (QED) is 0.854. The number of hydrogen-bond acceptors (Lipinski definition) is 3. The van der Waals surface area contributed by atoms with Crippen molar-refractivity contribution in [1.82, 2.24) is 15.1 Å². The number of amides is 1. The standard InChI is InChI=1S/C12H20N4O.2ClH/c1-12(8-13,10-3-4-10)15-11(17)5-9-6-14-16(2)7-9;;/h6-7,10H,3-5,8,13H2,1-2H3,(H,15,17);2*1H. The minimum absolute atomic E-state index is 0. The van der Waals surface area contributed by atoms with Crippen LogP contribution in [0.25, 0.3) is 0 Å². The summed E-state index contributed by atoms with van der Waals surface area (Å²) < 4.78 is 1.70. The Morgan fingerprint density at radius 1 is 1.58 bits per heavy atom. The molecule has 7 heteroatoms. The van der Waals surface area contributed by atoms with Crippen LogP contribution in [0.2, 0.25) is 0 Å². The topological polar surface area (TPSA) is 72.9 Å². The number of carbonyl (C=O) groups excluding carboxylic acids is 1. The van der Waals surface area contributed by atoms with Crippen LogP contribution in [-0.2, 0) is 18.3 Å². The molecule has 5 nitrogen and oxygen atoms in total. The zero-order chi connectivity index (χ0) is 12.5. The summed E-state index contributed by atoms with van der Waals surface area (Å²) in [5.74, 6) is 0.572. The summed E-state index contributed by atoms with van der Waals surface area (Å²) in [6, 6.07) is 0. The van der Waals surface area contributed by atoms with Crippen LogP contribution < -0.4 is 11.1 Å². The zero-order valence-electron chi connectivity index (χ0n) is 11.3. The van der Waals surface area contributed by atoms with Crippen LogP contribution in [0.4, 0.5) is 0 Å². The second-order valence-electron chi connectivity index (χ2n) is 5.14. The fourth-order valence-corrected chi connectivity index (χ4v) is 2.15. The van der Waals surface area contributed by atoms with E-state index in [0.717, 1.165) is 5.56 Å². The first-order chi connectivity index (χ1) is 8.03. The predicted octanol–water partition coefficient (Wildman–Crippen LogP) is 1.05. The van der Waals surface area contributed by atoms with Crippen LogP contribution in [0.3, 0.4) is 0 Å². The van der Waals surface area contributed by atoms with E-state index in [9.17, 15) is 4.79 Å². The number of rotatable bonds is 5. The Balaban J connectivity index is 0.00000162. The van der Waals surface area contributed by atoms with Crippen LogP contribution in [0.5, 0.6) is 0 Å². The van der Waals surface area contributed by atoms with Crippen molar-refractivity contribution >= 4 is 30.7 Å². The molecule has 0 aromatic carbocycles. The fraction of sp³-hybridized carbons (Fsp3) is 0.667. The van der Waals surface area contributed by atoms with Crippen LogP contribution in [0, 0.1) is 5.92 Å². The molecule has 0 radical (unpaired) electrons.